The second-order valence-corrected chi connectivity index (χ2v) is 6.74. The molecule has 0 saturated carbocycles. The summed E-state index contributed by atoms with van der Waals surface area (Å²) in [7, 11) is 0. The molecule has 0 radical (unpaired) electrons. The quantitative estimate of drug-likeness (QED) is 0.847. The van der Waals surface area contributed by atoms with Crippen LogP contribution in [0.4, 0.5) is 0 Å². The number of fused-ring (bicyclic) bond motifs is 3. The molecule has 1 aromatic carbocycles. The molecule has 1 aromatic heterocycles. The zero-order valence-electron chi connectivity index (χ0n) is 13.0. The second-order valence-electron chi connectivity index (χ2n) is 6.74. The average molecular weight is 271 g/mol. The van der Waals surface area contributed by atoms with Gasteiger partial charge in [-0.05, 0) is 54.4 Å². The van der Waals surface area contributed by atoms with E-state index in [0.717, 1.165) is 12.4 Å². The predicted octanol–water partition coefficient (Wildman–Crippen LogP) is 4.81. The zero-order chi connectivity index (χ0) is 14.3. The Labute approximate surface area is 121 Å². The topological polar surface area (TPSA) is 25.0 Å². The Balaban J connectivity index is 2.11. The molecule has 3 rings (SSSR count). The van der Waals surface area contributed by atoms with Crippen LogP contribution in [0.2, 0.25) is 0 Å². The number of aromatic amines is 1. The van der Waals surface area contributed by atoms with Gasteiger partial charge in [0.1, 0.15) is 5.75 Å². The molecule has 2 heteroatoms. The van der Waals surface area contributed by atoms with Crippen LogP contribution in [0, 0.1) is 5.92 Å². The number of nitrogens with one attached hydrogen (secondary N) is 1. The highest BCUT2D eigenvalue weighted by atomic mass is 16.5. The third kappa shape index (κ3) is 2.32. The van der Waals surface area contributed by atoms with Crippen molar-refractivity contribution in [1.29, 1.82) is 0 Å². The summed E-state index contributed by atoms with van der Waals surface area (Å²) >= 11 is 0. The minimum atomic E-state index is 0.525. The summed E-state index contributed by atoms with van der Waals surface area (Å²) in [5.41, 5.74) is 5.63. The molecule has 20 heavy (non-hydrogen) atoms. The zero-order valence-corrected chi connectivity index (χ0v) is 13.0. The Hall–Kier alpha value is -1.44. The maximum absolute atomic E-state index is 6.08. The van der Waals surface area contributed by atoms with E-state index in [1.165, 1.54) is 47.0 Å². The van der Waals surface area contributed by atoms with Crippen LogP contribution >= 0.6 is 0 Å². The number of aromatic nitrogens is 1. The molecule has 0 aliphatic heterocycles. The van der Waals surface area contributed by atoms with Crippen LogP contribution < -0.4 is 4.74 Å². The van der Waals surface area contributed by atoms with Crippen molar-refractivity contribution in [3.63, 3.8) is 0 Å². The summed E-state index contributed by atoms with van der Waals surface area (Å²) in [4.78, 5) is 3.64. The smallest absolute Gasteiger partial charge is 0.128 e. The van der Waals surface area contributed by atoms with Crippen molar-refractivity contribution in [2.24, 2.45) is 5.92 Å². The Morgan fingerprint density at radius 2 is 1.95 bits per heavy atom. The van der Waals surface area contributed by atoms with Gasteiger partial charge in [-0.2, -0.15) is 0 Å². The van der Waals surface area contributed by atoms with E-state index in [0.29, 0.717) is 11.8 Å². The molecule has 0 spiro atoms. The average Bonchev–Trinajstić information content (AvgIpc) is 3.01. The fourth-order valence-corrected chi connectivity index (χ4v) is 3.04. The molecule has 1 heterocycles. The third-order valence-corrected chi connectivity index (χ3v) is 4.17. The van der Waals surface area contributed by atoms with E-state index in [9.17, 15) is 0 Å². The molecule has 0 fully saturated rings. The molecule has 1 aliphatic rings. The lowest BCUT2D eigenvalue weighted by Crippen LogP contribution is -2.05. The lowest BCUT2D eigenvalue weighted by atomic mass is 10.1. The van der Waals surface area contributed by atoms with Gasteiger partial charge in [-0.15, -0.1) is 0 Å². The van der Waals surface area contributed by atoms with Crippen molar-refractivity contribution in [3.05, 3.63) is 29.0 Å². The van der Waals surface area contributed by atoms with Gasteiger partial charge in [-0.3, -0.25) is 0 Å². The van der Waals surface area contributed by atoms with E-state index in [1.54, 1.807) is 0 Å². The monoisotopic (exact) mass is 271 g/mol. The number of rotatable bonds is 4. The van der Waals surface area contributed by atoms with Crippen molar-refractivity contribution < 1.29 is 4.74 Å². The van der Waals surface area contributed by atoms with Crippen molar-refractivity contribution >= 4 is 10.9 Å². The Bertz CT molecular complexity index is 622. The van der Waals surface area contributed by atoms with Crippen molar-refractivity contribution in [2.45, 2.75) is 52.9 Å². The van der Waals surface area contributed by atoms with Crippen LogP contribution in [-0.2, 0) is 12.8 Å². The van der Waals surface area contributed by atoms with Gasteiger partial charge in [-0.1, -0.05) is 27.7 Å². The summed E-state index contributed by atoms with van der Waals surface area (Å²) < 4.78 is 6.08. The minimum absolute atomic E-state index is 0.525. The SMILES string of the molecule is CC(C)COc1cc2c(c3[nH]c(C(C)C)cc13)CCC2. The molecule has 1 N–H and O–H groups in total. The van der Waals surface area contributed by atoms with Gasteiger partial charge in [-0.25, -0.2) is 0 Å². The first kappa shape index (κ1) is 13.5. The van der Waals surface area contributed by atoms with E-state index in [1.807, 2.05) is 0 Å². The molecular formula is C18H25NO. The summed E-state index contributed by atoms with van der Waals surface area (Å²) in [6.45, 7) is 9.65. The van der Waals surface area contributed by atoms with E-state index in [4.69, 9.17) is 4.74 Å². The number of ether oxygens (including phenoxy) is 1. The van der Waals surface area contributed by atoms with Crippen LogP contribution in [0.1, 0.15) is 56.9 Å². The van der Waals surface area contributed by atoms with Gasteiger partial charge in [0, 0.05) is 11.1 Å². The minimum Gasteiger partial charge on any atom is -0.493 e. The lowest BCUT2D eigenvalue weighted by molar-refractivity contribution is 0.274. The van der Waals surface area contributed by atoms with Crippen molar-refractivity contribution in [1.82, 2.24) is 4.98 Å². The van der Waals surface area contributed by atoms with Gasteiger partial charge in [0.25, 0.3) is 0 Å². The highest BCUT2D eigenvalue weighted by molar-refractivity contribution is 5.91. The van der Waals surface area contributed by atoms with Crippen LogP contribution in [-0.4, -0.2) is 11.6 Å². The van der Waals surface area contributed by atoms with Gasteiger partial charge in [0.05, 0.1) is 12.1 Å². The van der Waals surface area contributed by atoms with E-state index >= 15 is 0 Å². The van der Waals surface area contributed by atoms with Gasteiger partial charge in [0.15, 0.2) is 0 Å². The fraction of sp³-hybridized carbons (Fsp3) is 0.556. The third-order valence-electron chi connectivity index (χ3n) is 4.17. The van der Waals surface area contributed by atoms with Crippen LogP contribution in [0.25, 0.3) is 10.9 Å². The van der Waals surface area contributed by atoms with E-state index < -0.39 is 0 Å². The molecule has 0 saturated heterocycles. The van der Waals surface area contributed by atoms with Gasteiger partial charge < -0.3 is 9.72 Å². The molecular weight excluding hydrogens is 246 g/mol. The van der Waals surface area contributed by atoms with Gasteiger partial charge >= 0.3 is 0 Å². The molecule has 0 amide bonds. The maximum Gasteiger partial charge on any atom is 0.128 e. The molecule has 0 unspecified atom stereocenters. The first-order valence-electron chi connectivity index (χ1n) is 7.86. The summed E-state index contributed by atoms with van der Waals surface area (Å²) in [6.07, 6.45) is 3.67. The second kappa shape index (κ2) is 5.16. The fourth-order valence-electron chi connectivity index (χ4n) is 3.04. The molecule has 108 valence electrons. The first-order chi connectivity index (χ1) is 9.56. The Kier molecular flexibility index (Phi) is 3.49. The van der Waals surface area contributed by atoms with E-state index in [2.05, 4.69) is 44.8 Å². The van der Waals surface area contributed by atoms with E-state index in [-0.39, 0.29) is 0 Å². The summed E-state index contributed by atoms with van der Waals surface area (Å²) in [6, 6.07) is 4.57. The van der Waals surface area contributed by atoms with Gasteiger partial charge in [0.2, 0.25) is 0 Å². The van der Waals surface area contributed by atoms with Crippen molar-refractivity contribution in [3.8, 4) is 5.75 Å². The number of hydrogen-bond acceptors (Lipinski definition) is 1. The molecule has 1 aliphatic carbocycles. The van der Waals surface area contributed by atoms with Crippen molar-refractivity contribution in [2.75, 3.05) is 6.61 Å². The molecule has 2 aromatic rings. The lowest BCUT2D eigenvalue weighted by Gasteiger charge is -2.12. The Morgan fingerprint density at radius 1 is 1.15 bits per heavy atom. The molecule has 0 bridgehead atoms. The number of aryl methyl sites for hydroxylation is 2. The number of benzene rings is 1. The van der Waals surface area contributed by atoms with Crippen LogP contribution in [0.15, 0.2) is 12.1 Å². The number of hydrogen-bond donors (Lipinski definition) is 1. The highest BCUT2D eigenvalue weighted by Gasteiger charge is 2.20. The first-order valence-corrected chi connectivity index (χ1v) is 7.86. The maximum atomic E-state index is 6.08. The molecule has 0 atom stereocenters. The normalized spacial score (nSPS) is 14.5. The predicted molar refractivity (Wildman–Crippen MR) is 84.7 cm³/mol. The Morgan fingerprint density at radius 3 is 2.65 bits per heavy atom. The summed E-state index contributed by atoms with van der Waals surface area (Å²) in [5, 5.41) is 1.27. The molecule has 2 nitrogen and oxygen atoms in total. The standard InChI is InChI=1S/C18H25NO/c1-11(2)10-20-17-8-13-6-5-7-14(13)18-15(17)9-16(19-18)12(3)4/h8-9,11-12,19H,5-7,10H2,1-4H3. The largest absolute Gasteiger partial charge is 0.493 e. The van der Waals surface area contributed by atoms with Crippen LogP contribution in [0.5, 0.6) is 5.75 Å². The van der Waals surface area contributed by atoms with Crippen LogP contribution in [0.3, 0.4) is 0 Å². The highest BCUT2D eigenvalue weighted by Crippen LogP contribution is 2.37. The number of H-pyrrole nitrogens is 1. The summed E-state index contributed by atoms with van der Waals surface area (Å²) in [5.74, 6) is 2.15.